The zero-order chi connectivity index (χ0) is 18.1. The largest absolute Gasteiger partial charge is 0.326 e. The maximum Gasteiger partial charge on any atom is 0.320 e. The van der Waals surface area contributed by atoms with Crippen LogP contribution in [0.3, 0.4) is 0 Å². The molecule has 1 aliphatic carbocycles. The van der Waals surface area contributed by atoms with E-state index in [0.717, 1.165) is 71.2 Å². The first kappa shape index (κ1) is 18.0. The van der Waals surface area contributed by atoms with Crippen LogP contribution < -0.4 is 11.1 Å². The summed E-state index contributed by atoms with van der Waals surface area (Å²) in [5.41, 5.74) is 5.98. The van der Waals surface area contributed by atoms with Gasteiger partial charge in [-0.15, -0.1) is 0 Å². The molecule has 1 unspecified atom stereocenters. The highest BCUT2D eigenvalue weighted by Crippen LogP contribution is 2.38. The second kappa shape index (κ2) is 7.72. The number of rotatable bonds is 3. The fourth-order valence-corrected chi connectivity index (χ4v) is 5.34. The molecule has 7 nitrogen and oxygen atoms in total. The van der Waals surface area contributed by atoms with E-state index in [4.69, 9.17) is 5.73 Å². The van der Waals surface area contributed by atoms with Gasteiger partial charge in [-0.05, 0) is 56.8 Å². The molecule has 0 bridgehead atoms. The number of urea groups is 1. The molecule has 146 valence electrons. The SMILES string of the molecule is N[C@@H]1CCCN1C(=O)CNC1C[C@@H]2CN(C(=O)N3CCCCC3)C[C@@H]2C1. The van der Waals surface area contributed by atoms with Crippen LogP contribution in [0.25, 0.3) is 0 Å². The lowest BCUT2D eigenvalue weighted by Gasteiger charge is -2.31. The maximum atomic E-state index is 12.7. The summed E-state index contributed by atoms with van der Waals surface area (Å²) in [6.07, 6.45) is 7.54. The second-order valence-electron chi connectivity index (χ2n) is 8.60. The zero-order valence-electron chi connectivity index (χ0n) is 15.7. The average molecular weight is 364 g/mol. The Balaban J connectivity index is 1.21. The fraction of sp³-hybridized carbons (Fsp3) is 0.895. The molecule has 4 rings (SSSR count). The maximum absolute atomic E-state index is 12.7. The number of amides is 3. The van der Waals surface area contributed by atoms with E-state index in [-0.39, 0.29) is 18.1 Å². The summed E-state index contributed by atoms with van der Waals surface area (Å²) in [6, 6.07) is 0.654. The van der Waals surface area contributed by atoms with Crippen LogP contribution in [0, 0.1) is 11.8 Å². The van der Waals surface area contributed by atoms with Crippen LogP contribution in [0.15, 0.2) is 0 Å². The minimum atomic E-state index is -0.0957. The summed E-state index contributed by atoms with van der Waals surface area (Å²) in [7, 11) is 0. The highest BCUT2D eigenvalue weighted by molar-refractivity contribution is 5.78. The van der Waals surface area contributed by atoms with Crippen molar-refractivity contribution in [2.24, 2.45) is 17.6 Å². The van der Waals surface area contributed by atoms with Gasteiger partial charge in [0, 0.05) is 38.8 Å². The van der Waals surface area contributed by atoms with Crippen molar-refractivity contribution in [1.29, 1.82) is 0 Å². The van der Waals surface area contributed by atoms with Crippen molar-refractivity contribution in [2.45, 2.75) is 57.2 Å². The van der Waals surface area contributed by atoms with Gasteiger partial charge in [0.1, 0.15) is 0 Å². The molecule has 1 saturated carbocycles. The van der Waals surface area contributed by atoms with E-state index < -0.39 is 0 Å². The molecule has 4 fully saturated rings. The number of likely N-dealkylation sites (tertiary alicyclic amines) is 3. The predicted molar refractivity (Wildman–Crippen MR) is 99.3 cm³/mol. The van der Waals surface area contributed by atoms with Crippen molar-refractivity contribution >= 4 is 11.9 Å². The molecule has 0 radical (unpaired) electrons. The Labute approximate surface area is 156 Å². The van der Waals surface area contributed by atoms with Gasteiger partial charge in [0.25, 0.3) is 0 Å². The fourth-order valence-electron chi connectivity index (χ4n) is 5.34. The minimum absolute atomic E-state index is 0.0957. The Bertz CT molecular complexity index is 522. The lowest BCUT2D eigenvalue weighted by atomic mass is 10.0. The molecule has 0 aromatic heterocycles. The van der Waals surface area contributed by atoms with Gasteiger partial charge in [0.05, 0.1) is 12.7 Å². The topological polar surface area (TPSA) is 81.9 Å². The van der Waals surface area contributed by atoms with Crippen LogP contribution in [-0.4, -0.2) is 78.1 Å². The Morgan fingerprint density at radius 1 is 0.923 bits per heavy atom. The lowest BCUT2D eigenvalue weighted by Crippen LogP contribution is -2.47. The molecule has 3 amide bonds. The monoisotopic (exact) mass is 363 g/mol. The molecule has 4 aliphatic rings. The number of fused-ring (bicyclic) bond motifs is 1. The molecule has 3 N–H and O–H groups in total. The Morgan fingerprint density at radius 2 is 1.62 bits per heavy atom. The van der Waals surface area contributed by atoms with Gasteiger partial charge in [0.15, 0.2) is 0 Å². The number of carbonyl (C=O) groups is 2. The van der Waals surface area contributed by atoms with Crippen molar-refractivity contribution in [2.75, 3.05) is 39.3 Å². The van der Waals surface area contributed by atoms with Gasteiger partial charge in [0.2, 0.25) is 5.91 Å². The van der Waals surface area contributed by atoms with Gasteiger partial charge >= 0.3 is 6.03 Å². The molecule has 4 atom stereocenters. The lowest BCUT2D eigenvalue weighted by molar-refractivity contribution is -0.131. The van der Waals surface area contributed by atoms with E-state index in [1.54, 1.807) is 0 Å². The molecule has 3 aliphatic heterocycles. The van der Waals surface area contributed by atoms with Crippen LogP contribution in [0.2, 0.25) is 0 Å². The molecule has 3 saturated heterocycles. The first-order chi connectivity index (χ1) is 12.6. The van der Waals surface area contributed by atoms with Crippen molar-refractivity contribution < 1.29 is 9.59 Å². The summed E-state index contributed by atoms with van der Waals surface area (Å²) in [5.74, 6) is 1.31. The van der Waals surface area contributed by atoms with Crippen LogP contribution in [0.1, 0.15) is 44.9 Å². The second-order valence-corrected chi connectivity index (χ2v) is 8.60. The molecule has 3 heterocycles. The third-order valence-corrected chi connectivity index (χ3v) is 6.81. The average Bonchev–Trinajstić information content (AvgIpc) is 3.34. The summed E-state index contributed by atoms with van der Waals surface area (Å²) in [5, 5.41) is 3.45. The summed E-state index contributed by atoms with van der Waals surface area (Å²) < 4.78 is 0. The molecule has 7 heteroatoms. The smallest absolute Gasteiger partial charge is 0.320 e. The minimum Gasteiger partial charge on any atom is -0.326 e. The summed E-state index contributed by atoms with van der Waals surface area (Å²) in [4.78, 5) is 30.9. The number of piperidine rings is 1. The number of nitrogens with one attached hydrogen (secondary N) is 1. The summed E-state index contributed by atoms with van der Waals surface area (Å²) in [6.45, 7) is 4.83. The van der Waals surface area contributed by atoms with Gasteiger partial charge < -0.3 is 25.8 Å². The third-order valence-electron chi connectivity index (χ3n) is 6.81. The van der Waals surface area contributed by atoms with E-state index in [9.17, 15) is 9.59 Å². The Morgan fingerprint density at radius 3 is 2.23 bits per heavy atom. The van der Waals surface area contributed by atoms with Crippen molar-refractivity contribution in [1.82, 2.24) is 20.0 Å². The standard InChI is InChI=1S/C19H33N5O2/c20-17-5-4-8-24(17)18(25)11-21-16-9-14-12-23(13-15(14)10-16)19(26)22-6-2-1-3-7-22/h14-17,21H,1-13,20H2/t14-,15+,16?,17-/m0/s1. The number of carbonyl (C=O) groups excluding carboxylic acids is 2. The molecule has 0 aromatic rings. The molecule has 0 spiro atoms. The van der Waals surface area contributed by atoms with E-state index >= 15 is 0 Å². The highest BCUT2D eigenvalue weighted by Gasteiger charge is 2.43. The van der Waals surface area contributed by atoms with Crippen molar-refractivity contribution in [3.05, 3.63) is 0 Å². The first-order valence-electron chi connectivity index (χ1n) is 10.4. The molecular formula is C19H33N5O2. The van der Waals surface area contributed by atoms with Crippen LogP contribution in [0.5, 0.6) is 0 Å². The quantitative estimate of drug-likeness (QED) is 0.777. The number of nitrogens with zero attached hydrogens (tertiary/aromatic N) is 3. The van der Waals surface area contributed by atoms with Crippen LogP contribution in [-0.2, 0) is 4.79 Å². The molecular weight excluding hydrogens is 330 g/mol. The summed E-state index contributed by atoms with van der Waals surface area (Å²) >= 11 is 0. The predicted octanol–water partition coefficient (Wildman–Crippen LogP) is 0.800. The van der Waals surface area contributed by atoms with E-state index in [1.165, 1.54) is 6.42 Å². The first-order valence-corrected chi connectivity index (χ1v) is 10.4. The van der Waals surface area contributed by atoms with Gasteiger partial charge in [-0.25, -0.2) is 4.79 Å². The number of hydrogen-bond acceptors (Lipinski definition) is 4. The van der Waals surface area contributed by atoms with E-state index in [0.29, 0.717) is 24.4 Å². The Hall–Kier alpha value is -1.34. The third kappa shape index (κ3) is 3.69. The zero-order valence-corrected chi connectivity index (χ0v) is 15.7. The highest BCUT2D eigenvalue weighted by atomic mass is 16.2. The van der Waals surface area contributed by atoms with Crippen LogP contribution >= 0.6 is 0 Å². The van der Waals surface area contributed by atoms with E-state index in [2.05, 4.69) is 10.2 Å². The van der Waals surface area contributed by atoms with Gasteiger partial charge in [-0.1, -0.05) is 0 Å². The molecule has 26 heavy (non-hydrogen) atoms. The Kier molecular flexibility index (Phi) is 5.36. The number of nitrogens with two attached hydrogens (primary N) is 1. The van der Waals surface area contributed by atoms with Gasteiger partial charge in [-0.3, -0.25) is 4.79 Å². The molecule has 0 aromatic carbocycles. The van der Waals surface area contributed by atoms with E-state index in [1.807, 2.05) is 9.80 Å². The normalized spacial score (nSPS) is 34.4. The number of hydrogen-bond donors (Lipinski definition) is 2. The van der Waals surface area contributed by atoms with Crippen molar-refractivity contribution in [3.8, 4) is 0 Å². The van der Waals surface area contributed by atoms with Crippen LogP contribution in [0.4, 0.5) is 4.79 Å². The van der Waals surface area contributed by atoms with Crippen molar-refractivity contribution in [3.63, 3.8) is 0 Å². The van der Waals surface area contributed by atoms with Gasteiger partial charge in [-0.2, -0.15) is 0 Å².